The van der Waals surface area contributed by atoms with Gasteiger partial charge in [0.1, 0.15) is 6.54 Å². The number of Topliss-reactive ketones (excluding diaryl/α,β-unsaturated/α-hetero) is 1. The fraction of sp³-hybridized carbons (Fsp3) is 0.692. The Bertz CT molecular complexity index is 335. The summed E-state index contributed by atoms with van der Waals surface area (Å²) >= 11 is 0. The summed E-state index contributed by atoms with van der Waals surface area (Å²) in [5.41, 5.74) is 1.94. The first-order valence-corrected chi connectivity index (χ1v) is 5.42. The maximum absolute atomic E-state index is 11.9. The number of ketones is 1. The second kappa shape index (κ2) is 3.58. The van der Waals surface area contributed by atoms with E-state index in [0.717, 1.165) is 11.1 Å². The van der Waals surface area contributed by atoms with E-state index in [1.807, 2.05) is 6.21 Å². The zero-order valence-corrected chi connectivity index (χ0v) is 10.6. The topological polar surface area (TPSA) is 29.4 Å². The van der Waals surface area contributed by atoms with Crippen molar-refractivity contribution in [3.8, 4) is 0 Å². The first-order chi connectivity index (χ1) is 6.64. The highest BCUT2D eigenvalue weighted by atomic mass is 16.1. The predicted octanol–water partition coefficient (Wildman–Crippen LogP) is 3.03. The van der Waals surface area contributed by atoms with Crippen molar-refractivity contribution >= 4 is 12.0 Å². The number of nitrogens with zero attached hydrogens (tertiary/aromatic N) is 1. The van der Waals surface area contributed by atoms with Gasteiger partial charge in [0.05, 0.1) is 0 Å². The average Bonchev–Trinajstić information content (AvgIpc) is 1.99. The van der Waals surface area contributed by atoms with Gasteiger partial charge in [-0.05, 0) is 16.4 Å². The van der Waals surface area contributed by atoms with E-state index >= 15 is 0 Å². The molecule has 0 N–H and O–H groups in total. The van der Waals surface area contributed by atoms with E-state index < -0.39 is 0 Å². The van der Waals surface area contributed by atoms with Crippen LogP contribution < -0.4 is 0 Å². The van der Waals surface area contributed by atoms with Gasteiger partial charge in [0, 0.05) is 11.8 Å². The normalized spacial score (nSPS) is 18.7. The lowest BCUT2D eigenvalue weighted by Crippen LogP contribution is -2.29. The van der Waals surface area contributed by atoms with Crippen molar-refractivity contribution in [1.82, 2.24) is 0 Å². The summed E-state index contributed by atoms with van der Waals surface area (Å²) in [6.45, 7) is 12.9. The molecule has 0 fully saturated rings. The second-order valence-corrected chi connectivity index (χ2v) is 6.18. The molecule has 15 heavy (non-hydrogen) atoms. The van der Waals surface area contributed by atoms with Crippen LogP contribution in [0.1, 0.15) is 41.5 Å². The van der Waals surface area contributed by atoms with Gasteiger partial charge < -0.3 is 0 Å². The van der Waals surface area contributed by atoms with Gasteiger partial charge in [-0.1, -0.05) is 41.5 Å². The van der Waals surface area contributed by atoms with Crippen LogP contribution in [-0.2, 0) is 4.79 Å². The summed E-state index contributed by atoms with van der Waals surface area (Å²) < 4.78 is 0. The first-order valence-electron chi connectivity index (χ1n) is 5.42. The highest BCUT2D eigenvalue weighted by Gasteiger charge is 2.32. The van der Waals surface area contributed by atoms with Crippen LogP contribution in [0.2, 0.25) is 0 Å². The lowest BCUT2D eigenvalue weighted by atomic mass is 9.73. The molecule has 0 aromatic carbocycles. The van der Waals surface area contributed by atoms with E-state index in [1.54, 1.807) is 0 Å². The van der Waals surface area contributed by atoms with Crippen LogP contribution in [0.25, 0.3) is 0 Å². The first kappa shape index (κ1) is 12.2. The maximum Gasteiger partial charge on any atom is 0.181 e. The molecular formula is C13H21NO. The van der Waals surface area contributed by atoms with Crippen LogP contribution in [0, 0.1) is 10.8 Å². The highest BCUT2D eigenvalue weighted by molar-refractivity contribution is 6.07. The van der Waals surface area contributed by atoms with Crippen LogP contribution in [-0.4, -0.2) is 18.5 Å². The van der Waals surface area contributed by atoms with E-state index in [2.05, 4.69) is 46.5 Å². The molecule has 0 saturated heterocycles. The smallest absolute Gasteiger partial charge is 0.181 e. The van der Waals surface area contributed by atoms with Gasteiger partial charge >= 0.3 is 0 Å². The molecule has 0 radical (unpaired) electrons. The van der Waals surface area contributed by atoms with Gasteiger partial charge in [-0.15, -0.1) is 0 Å². The van der Waals surface area contributed by atoms with Crippen molar-refractivity contribution in [1.29, 1.82) is 0 Å². The summed E-state index contributed by atoms with van der Waals surface area (Å²) in [5, 5.41) is 0. The summed E-state index contributed by atoms with van der Waals surface area (Å²) in [6, 6.07) is 0. The Morgan fingerprint density at radius 2 is 1.60 bits per heavy atom. The minimum absolute atomic E-state index is 0.0117. The number of hydrogen-bond donors (Lipinski definition) is 0. The van der Waals surface area contributed by atoms with E-state index in [1.165, 1.54) is 0 Å². The zero-order chi connectivity index (χ0) is 11.9. The standard InChI is InChI=1S/C13H21NO/c1-12(2,3)9-7-14-8-10(15)11(9)13(4,5)6/h7H,8H2,1-6H3. The van der Waals surface area contributed by atoms with E-state index in [4.69, 9.17) is 0 Å². The second-order valence-electron chi connectivity index (χ2n) is 6.18. The molecule has 84 valence electrons. The molecular weight excluding hydrogens is 186 g/mol. The van der Waals surface area contributed by atoms with Crippen LogP contribution in [0.15, 0.2) is 16.1 Å². The number of rotatable bonds is 0. The van der Waals surface area contributed by atoms with Gasteiger partial charge in [-0.25, -0.2) is 0 Å². The van der Waals surface area contributed by atoms with Gasteiger partial charge in [0.25, 0.3) is 0 Å². The third kappa shape index (κ3) is 2.55. The van der Waals surface area contributed by atoms with Crippen LogP contribution in [0.5, 0.6) is 0 Å². The summed E-state index contributed by atoms with van der Waals surface area (Å²) in [6.07, 6.45) is 1.88. The third-order valence-corrected chi connectivity index (χ3v) is 2.56. The molecule has 1 aliphatic rings. The molecule has 2 heteroatoms. The fourth-order valence-electron chi connectivity index (χ4n) is 1.90. The molecule has 0 aliphatic carbocycles. The Labute approximate surface area is 92.5 Å². The van der Waals surface area contributed by atoms with Gasteiger partial charge in [-0.2, -0.15) is 0 Å². The van der Waals surface area contributed by atoms with Crippen LogP contribution in [0.3, 0.4) is 0 Å². The summed E-state index contributed by atoms with van der Waals surface area (Å²) in [7, 11) is 0. The van der Waals surface area contributed by atoms with Crippen molar-refractivity contribution < 1.29 is 4.79 Å². The lowest BCUT2D eigenvalue weighted by molar-refractivity contribution is -0.115. The third-order valence-electron chi connectivity index (χ3n) is 2.56. The molecule has 0 unspecified atom stereocenters. The summed E-state index contributed by atoms with van der Waals surface area (Å²) in [5.74, 6) is 0.176. The van der Waals surface area contributed by atoms with Gasteiger partial charge in [0.2, 0.25) is 0 Å². The number of hydrogen-bond acceptors (Lipinski definition) is 2. The number of dihydropyridines is 1. The fourth-order valence-corrected chi connectivity index (χ4v) is 1.90. The Balaban J connectivity index is 3.37. The number of carbonyl (C=O) groups is 1. The molecule has 1 rings (SSSR count). The van der Waals surface area contributed by atoms with Crippen molar-refractivity contribution in [2.24, 2.45) is 15.8 Å². The van der Waals surface area contributed by atoms with Crippen LogP contribution >= 0.6 is 0 Å². The van der Waals surface area contributed by atoms with Gasteiger partial charge in [0.15, 0.2) is 5.78 Å². The number of carbonyl (C=O) groups excluding carboxylic acids is 1. The van der Waals surface area contributed by atoms with Crippen molar-refractivity contribution in [2.75, 3.05) is 6.54 Å². The Morgan fingerprint density at radius 1 is 1.07 bits per heavy atom. The molecule has 2 nitrogen and oxygen atoms in total. The molecule has 0 aromatic heterocycles. The van der Waals surface area contributed by atoms with E-state index in [0.29, 0.717) is 6.54 Å². The molecule has 0 saturated carbocycles. The molecule has 0 atom stereocenters. The monoisotopic (exact) mass is 207 g/mol. The van der Waals surface area contributed by atoms with Crippen molar-refractivity contribution in [2.45, 2.75) is 41.5 Å². The Hall–Kier alpha value is -0.920. The zero-order valence-electron chi connectivity index (χ0n) is 10.6. The van der Waals surface area contributed by atoms with Crippen molar-refractivity contribution in [3.63, 3.8) is 0 Å². The largest absolute Gasteiger partial charge is 0.292 e. The molecule has 0 bridgehead atoms. The Morgan fingerprint density at radius 3 is 1.93 bits per heavy atom. The quantitative estimate of drug-likeness (QED) is 0.600. The average molecular weight is 207 g/mol. The molecule has 1 aliphatic heterocycles. The van der Waals surface area contributed by atoms with E-state index in [9.17, 15) is 4.79 Å². The highest BCUT2D eigenvalue weighted by Crippen LogP contribution is 2.37. The number of aliphatic imine (C=N–C) groups is 1. The minimum atomic E-state index is -0.0911. The minimum Gasteiger partial charge on any atom is -0.292 e. The van der Waals surface area contributed by atoms with E-state index in [-0.39, 0.29) is 16.6 Å². The predicted molar refractivity (Wildman–Crippen MR) is 64.3 cm³/mol. The maximum atomic E-state index is 11.9. The molecule has 0 spiro atoms. The van der Waals surface area contributed by atoms with Gasteiger partial charge in [-0.3, -0.25) is 9.79 Å². The number of allylic oxidation sites excluding steroid dienone is 1. The SMILES string of the molecule is CC(C)(C)C1=C(C(C)(C)C)C(=O)CN=C1. The van der Waals surface area contributed by atoms with Crippen molar-refractivity contribution in [3.05, 3.63) is 11.1 Å². The molecule has 0 aromatic rings. The lowest BCUT2D eigenvalue weighted by Gasteiger charge is -2.32. The Kier molecular flexibility index (Phi) is 2.90. The summed E-state index contributed by atoms with van der Waals surface area (Å²) in [4.78, 5) is 16.1. The molecule has 1 heterocycles. The van der Waals surface area contributed by atoms with Crippen LogP contribution in [0.4, 0.5) is 0 Å². The molecule has 0 amide bonds.